The number of nitrogens with zero attached hydrogens (tertiary/aromatic N) is 2. The SMILES string of the molecule is CC(C)(NC(=O)C(CCCN)=NC(=O)Cc1nc2ccccc2s1)C(N)=O. The molecule has 1 heterocycles. The number of benzene rings is 1. The van der Waals surface area contributed by atoms with Crippen LogP contribution in [0, 0.1) is 0 Å². The number of hydrogen-bond donors (Lipinski definition) is 3. The molecule has 0 saturated heterocycles. The van der Waals surface area contributed by atoms with Crippen molar-refractivity contribution in [1.29, 1.82) is 0 Å². The van der Waals surface area contributed by atoms with Gasteiger partial charge in [0.25, 0.3) is 11.8 Å². The van der Waals surface area contributed by atoms with Crippen LogP contribution in [0.3, 0.4) is 0 Å². The van der Waals surface area contributed by atoms with Crippen molar-refractivity contribution in [2.24, 2.45) is 16.5 Å². The van der Waals surface area contributed by atoms with E-state index in [2.05, 4.69) is 15.3 Å². The van der Waals surface area contributed by atoms with Crippen LogP contribution >= 0.6 is 11.3 Å². The van der Waals surface area contributed by atoms with E-state index in [0.29, 0.717) is 18.0 Å². The number of rotatable bonds is 8. The van der Waals surface area contributed by atoms with Crippen LogP contribution in [-0.2, 0) is 20.8 Å². The molecule has 0 radical (unpaired) electrons. The van der Waals surface area contributed by atoms with Crippen LogP contribution in [0.1, 0.15) is 31.7 Å². The van der Waals surface area contributed by atoms with Crippen LogP contribution in [0.2, 0.25) is 0 Å². The van der Waals surface area contributed by atoms with Crippen molar-refractivity contribution in [2.45, 2.75) is 38.6 Å². The third-order valence-electron chi connectivity index (χ3n) is 3.82. The summed E-state index contributed by atoms with van der Waals surface area (Å²) in [5.74, 6) is -1.77. The number of thiazole rings is 1. The maximum absolute atomic E-state index is 12.4. The molecule has 0 unspecified atom stereocenters. The summed E-state index contributed by atoms with van der Waals surface area (Å²) in [6.07, 6.45) is 0.707. The molecule has 0 fully saturated rings. The molecule has 0 bridgehead atoms. The van der Waals surface area contributed by atoms with Gasteiger partial charge in [0, 0.05) is 0 Å². The molecular weight excluding hydrogens is 366 g/mol. The molecule has 2 aromatic rings. The second kappa shape index (κ2) is 8.83. The Bertz CT molecular complexity index is 855. The fourth-order valence-electron chi connectivity index (χ4n) is 2.22. The largest absolute Gasteiger partial charge is 0.368 e. The maximum atomic E-state index is 12.4. The van der Waals surface area contributed by atoms with Crippen molar-refractivity contribution < 1.29 is 14.4 Å². The molecule has 144 valence electrons. The van der Waals surface area contributed by atoms with Gasteiger partial charge in [0.05, 0.1) is 16.6 Å². The summed E-state index contributed by atoms with van der Waals surface area (Å²) in [4.78, 5) is 44.5. The summed E-state index contributed by atoms with van der Waals surface area (Å²) in [6, 6.07) is 7.58. The van der Waals surface area contributed by atoms with Gasteiger partial charge in [0.15, 0.2) is 0 Å². The van der Waals surface area contributed by atoms with Crippen molar-refractivity contribution >= 4 is 45.0 Å². The molecule has 3 amide bonds. The molecule has 27 heavy (non-hydrogen) atoms. The minimum atomic E-state index is -1.25. The van der Waals surface area contributed by atoms with Crippen molar-refractivity contribution in [3.8, 4) is 0 Å². The number of aliphatic imine (C=N–C) groups is 1. The molecule has 0 aliphatic rings. The predicted octanol–water partition coefficient (Wildman–Crippen LogP) is 0.925. The monoisotopic (exact) mass is 389 g/mol. The number of primary amides is 1. The number of aromatic nitrogens is 1. The van der Waals surface area contributed by atoms with Gasteiger partial charge in [0.2, 0.25) is 5.91 Å². The summed E-state index contributed by atoms with van der Waals surface area (Å²) < 4.78 is 0.980. The lowest BCUT2D eigenvalue weighted by molar-refractivity contribution is -0.127. The van der Waals surface area contributed by atoms with Gasteiger partial charge in [-0.2, -0.15) is 0 Å². The van der Waals surface area contributed by atoms with E-state index in [1.165, 1.54) is 25.2 Å². The number of fused-ring (bicyclic) bond motifs is 1. The molecule has 1 aromatic carbocycles. The third-order valence-corrected chi connectivity index (χ3v) is 4.86. The lowest BCUT2D eigenvalue weighted by atomic mass is 10.0. The molecule has 0 spiro atoms. The smallest absolute Gasteiger partial charge is 0.266 e. The van der Waals surface area contributed by atoms with E-state index in [-0.39, 0.29) is 18.6 Å². The van der Waals surface area contributed by atoms with E-state index in [9.17, 15) is 14.4 Å². The first-order valence-electron chi connectivity index (χ1n) is 8.50. The highest BCUT2D eigenvalue weighted by atomic mass is 32.1. The Balaban J connectivity index is 2.15. The van der Waals surface area contributed by atoms with Crippen molar-refractivity contribution in [2.75, 3.05) is 6.54 Å². The second-order valence-electron chi connectivity index (χ2n) is 6.54. The summed E-state index contributed by atoms with van der Waals surface area (Å²) in [5.41, 5.74) is 10.4. The van der Waals surface area contributed by atoms with Crippen LogP contribution in [-0.4, -0.2) is 40.5 Å². The Kier molecular flexibility index (Phi) is 6.75. The third kappa shape index (κ3) is 5.66. The first-order valence-corrected chi connectivity index (χ1v) is 9.32. The van der Waals surface area contributed by atoms with Gasteiger partial charge < -0.3 is 16.8 Å². The van der Waals surface area contributed by atoms with Gasteiger partial charge in [-0.15, -0.1) is 11.3 Å². The second-order valence-corrected chi connectivity index (χ2v) is 7.66. The molecule has 0 aliphatic carbocycles. The first-order chi connectivity index (χ1) is 12.7. The Morgan fingerprint density at radius 2 is 1.96 bits per heavy atom. The highest BCUT2D eigenvalue weighted by molar-refractivity contribution is 7.18. The molecular formula is C18H23N5O3S. The van der Waals surface area contributed by atoms with Gasteiger partial charge in [-0.05, 0) is 45.4 Å². The molecule has 2 rings (SSSR count). The fourth-order valence-corrected chi connectivity index (χ4v) is 3.18. The number of carbonyl (C=O) groups is 3. The maximum Gasteiger partial charge on any atom is 0.266 e. The molecule has 9 heteroatoms. The normalized spacial score (nSPS) is 12.2. The standard InChI is InChI=1S/C18H23N5O3S/c1-18(2,17(20)26)23-16(25)12(7-5-9-19)21-14(24)10-15-22-11-6-3-4-8-13(11)27-15/h3-4,6,8H,5,7,9-10,19H2,1-2H3,(H2,20,26)(H,23,25). The first kappa shape index (κ1) is 20.7. The van der Waals surface area contributed by atoms with Crippen molar-refractivity contribution in [3.05, 3.63) is 29.3 Å². The van der Waals surface area contributed by atoms with Crippen LogP contribution in [0.5, 0.6) is 0 Å². The minimum Gasteiger partial charge on any atom is -0.368 e. The molecule has 0 atom stereocenters. The zero-order valence-corrected chi connectivity index (χ0v) is 16.1. The van der Waals surface area contributed by atoms with Crippen LogP contribution in [0.15, 0.2) is 29.3 Å². The average Bonchev–Trinajstić information content (AvgIpc) is 2.99. The summed E-state index contributed by atoms with van der Waals surface area (Å²) in [5, 5.41) is 3.13. The summed E-state index contributed by atoms with van der Waals surface area (Å²) >= 11 is 1.41. The summed E-state index contributed by atoms with van der Waals surface area (Å²) in [7, 11) is 0. The number of nitrogens with one attached hydrogen (secondary N) is 1. The Morgan fingerprint density at radius 1 is 1.26 bits per heavy atom. The Morgan fingerprint density at radius 3 is 2.59 bits per heavy atom. The van der Waals surface area contributed by atoms with E-state index in [4.69, 9.17) is 11.5 Å². The van der Waals surface area contributed by atoms with Crippen LogP contribution < -0.4 is 16.8 Å². The number of carbonyl (C=O) groups excluding carboxylic acids is 3. The number of amides is 3. The summed E-state index contributed by atoms with van der Waals surface area (Å²) in [6.45, 7) is 3.31. The van der Waals surface area contributed by atoms with Gasteiger partial charge in [-0.3, -0.25) is 14.4 Å². The van der Waals surface area contributed by atoms with Crippen LogP contribution in [0.4, 0.5) is 0 Å². The number of para-hydroxylation sites is 1. The lowest BCUT2D eigenvalue weighted by Crippen LogP contribution is -2.54. The van der Waals surface area contributed by atoms with Gasteiger partial charge in [-0.1, -0.05) is 12.1 Å². The molecule has 1 aromatic heterocycles. The van der Waals surface area contributed by atoms with Crippen molar-refractivity contribution in [3.63, 3.8) is 0 Å². The lowest BCUT2D eigenvalue weighted by Gasteiger charge is -2.22. The predicted molar refractivity (Wildman–Crippen MR) is 105 cm³/mol. The Hall–Kier alpha value is -2.65. The number of hydrogen-bond acceptors (Lipinski definition) is 6. The van der Waals surface area contributed by atoms with Crippen LogP contribution in [0.25, 0.3) is 10.2 Å². The van der Waals surface area contributed by atoms with Gasteiger partial charge >= 0.3 is 0 Å². The minimum absolute atomic E-state index is 0.00202. The fraction of sp³-hybridized carbons (Fsp3) is 0.389. The molecule has 0 aliphatic heterocycles. The molecule has 8 nitrogen and oxygen atoms in total. The molecule has 0 saturated carbocycles. The van der Waals surface area contributed by atoms with E-state index < -0.39 is 23.3 Å². The van der Waals surface area contributed by atoms with E-state index >= 15 is 0 Å². The van der Waals surface area contributed by atoms with E-state index in [1.807, 2.05) is 24.3 Å². The average molecular weight is 389 g/mol. The van der Waals surface area contributed by atoms with E-state index in [1.54, 1.807) is 0 Å². The van der Waals surface area contributed by atoms with Crippen molar-refractivity contribution in [1.82, 2.24) is 10.3 Å². The highest BCUT2D eigenvalue weighted by Crippen LogP contribution is 2.22. The van der Waals surface area contributed by atoms with Gasteiger partial charge in [0.1, 0.15) is 16.3 Å². The quantitative estimate of drug-likeness (QED) is 0.576. The zero-order valence-electron chi connectivity index (χ0n) is 15.3. The zero-order chi connectivity index (χ0) is 20.0. The Labute approximate surface area is 161 Å². The number of nitrogens with two attached hydrogens (primary N) is 2. The highest BCUT2D eigenvalue weighted by Gasteiger charge is 2.28. The van der Waals surface area contributed by atoms with E-state index in [0.717, 1.165) is 10.2 Å². The van der Waals surface area contributed by atoms with Gasteiger partial charge in [-0.25, -0.2) is 9.98 Å². The topological polar surface area (TPSA) is 141 Å². The molecule has 5 N–H and O–H groups in total.